The maximum atomic E-state index is 14.1. The lowest BCUT2D eigenvalue weighted by Crippen LogP contribution is -2.68. The van der Waals surface area contributed by atoms with E-state index in [0.717, 1.165) is 32.0 Å². The molecule has 12 heteroatoms. The van der Waals surface area contributed by atoms with Crippen molar-refractivity contribution in [3.8, 4) is 5.75 Å². The van der Waals surface area contributed by atoms with Gasteiger partial charge < -0.3 is 25.1 Å². The number of phenols is 1. The van der Waals surface area contributed by atoms with E-state index in [-0.39, 0.29) is 30.7 Å². The summed E-state index contributed by atoms with van der Waals surface area (Å²) in [5, 5.41) is 16.7. The van der Waals surface area contributed by atoms with Gasteiger partial charge in [0, 0.05) is 47.7 Å². The van der Waals surface area contributed by atoms with Gasteiger partial charge in [-0.15, -0.1) is 0 Å². The van der Waals surface area contributed by atoms with Gasteiger partial charge in [0.2, 0.25) is 12.3 Å². The number of hydrogen-bond donors (Lipinski definition) is 2. The van der Waals surface area contributed by atoms with Crippen molar-refractivity contribution in [1.82, 2.24) is 30.1 Å². The molecule has 0 unspecified atom stereocenters. The summed E-state index contributed by atoms with van der Waals surface area (Å²) >= 11 is 1.58. The van der Waals surface area contributed by atoms with Crippen LogP contribution in [0.4, 0.5) is 9.93 Å². The molecule has 11 nitrogen and oxygen atoms in total. The minimum atomic E-state index is -0.828. The van der Waals surface area contributed by atoms with Crippen LogP contribution in [-0.2, 0) is 29.1 Å². The molecule has 1 aliphatic heterocycles. The Kier molecular flexibility index (Phi) is 9.31. The van der Waals surface area contributed by atoms with Gasteiger partial charge in [0.15, 0.2) is 5.13 Å². The van der Waals surface area contributed by atoms with Crippen LogP contribution >= 0.6 is 11.3 Å². The Morgan fingerprint density at radius 2 is 1.75 bits per heavy atom. The number of nitrogens with one attached hydrogen (secondary N) is 1. The van der Waals surface area contributed by atoms with E-state index in [1.54, 1.807) is 59.6 Å². The average molecular weight is 616 g/mol. The van der Waals surface area contributed by atoms with Crippen molar-refractivity contribution >= 4 is 45.0 Å². The number of likely N-dealkylation sites (N-methyl/N-ethyl adjacent to an activating group) is 1. The normalized spacial score (nSPS) is 16.8. The Balaban J connectivity index is 1.43. The number of piperazine rings is 1. The molecule has 44 heavy (non-hydrogen) atoms. The summed E-state index contributed by atoms with van der Waals surface area (Å²) in [6, 6.07) is 21.0. The molecule has 230 valence electrons. The Labute approximate surface area is 260 Å². The molecular formula is C32H37N7O4S. The van der Waals surface area contributed by atoms with Crippen LogP contribution in [0, 0.1) is 0 Å². The van der Waals surface area contributed by atoms with Gasteiger partial charge in [0.1, 0.15) is 18.0 Å². The van der Waals surface area contributed by atoms with Crippen LogP contribution in [-0.4, -0.2) is 95.2 Å². The molecule has 1 fully saturated rings. The predicted molar refractivity (Wildman–Crippen MR) is 171 cm³/mol. The number of anilines is 1. The number of para-hydroxylation sites is 1. The number of benzene rings is 3. The van der Waals surface area contributed by atoms with Crippen molar-refractivity contribution in [2.75, 3.05) is 39.6 Å². The monoisotopic (exact) mass is 615 g/mol. The molecule has 0 spiro atoms. The van der Waals surface area contributed by atoms with E-state index >= 15 is 0 Å². The third-order valence-corrected chi connectivity index (χ3v) is 9.08. The lowest BCUT2D eigenvalue weighted by Gasteiger charge is -2.49. The van der Waals surface area contributed by atoms with Gasteiger partial charge in [-0.2, -0.15) is 5.01 Å². The SMILES string of the molecule is CN(C)c1nc2c(CN3C[C@H](N(C)N(C)C(=O)NCc4ccccc4)N(C=O)[C@@H](Cc4ccc(O)cc4)C3=O)cccc2s1. The first kappa shape index (κ1) is 30.8. The smallest absolute Gasteiger partial charge is 0.331 e. The lowest BCUT2D eigenvalue weighted by molar-refractivity contribution is -0.165. The molecule has 2 heterocycles. The Hall–Kier alpha value is -4.68. The highest BCUT2D eigenvalue weighted by Gasteiger charge is 2.43. The van der Waals surface area contributed by atoms with E-state index in [0.29, 0.717) is 19.5 Å². The predicted octanol–water partition coefficient (Wildman–Crippen LogP) is 3.49. The summed E-state index contributed by atoms with van der Waals surface area (Å²) < 4.78 is 1.02. The van der Waals surface area contributed by atoms with Crippen LogP contribution in [0.15, 0.2) is 72.8 Å². The largest absolute Gasteiger partial charge is 0.508 e. The number of fused-ring (bicyclic) bond motifs is 1. The van der Waals surface area contributed by atoms with Crippen LogP contribution in [0.5, 0.6) is 5.75 Å². The van der Waals surface area contributed by atoms with Crippen LogP contribution in [0.3, 0.4) is 0 Å². The van der Waals surface area contributed by atoms with E-state index < -0.39 is 12.2 Å². The molecule has 1 aliphatic rings. The molecule has 1 saturated heterocycles. The number of carbonyl (C=O) groups excluding carboxylic acids is 3. The number of amides is 4. The quantitative estimate of drug-likeness (QED) is 0.208. The highest BCUT2D eigenvalue weighted by molar-refractivity contribution is 7.22. The number of aromatic hydroxyl groups is 1. The summed E-state index contributed by atoms with van der Waals surface area (Å²) in [6.45, 7) is 0.817. The number of rotatable bonds is 10. The fourth-order valence-corrected chi connectivity index (χ4v) is 6.26. The summed E-state index contributed by atoms with van der Waals surface area (Å²) in [5.41, 5.74) is 3.49. The zero-order chi connectivity index (χ0) is 31.4. The molecule has 3 aromatic carbocycles. The molecule has 0 aliphatic carbocycles. The second-order valence-corrected chi connectivity index (χ2v) is 12.0. The van der Waals surface area contributed by atoms with Gasteiger partial charge in [-0.1, -0.05) is 65.9 Å². The molecule has 2 N–H and O–H groups in total. The van der Waals surface area contributed by atoms with Crippen molar-refractivity contribution in [2.45, 2.75) is 31.7 Å². The summed E-state index contributed by atoms with van der Waals surface area (Å²) in [6.07, 6.45) is 0.294. The molecule has 0 bridgehead atoms. The number of carbonyl (C=O) groups is 3. The van der Waals surface area contributed by atoms with Gasteiger partial charge in [-0.25, -0.2) is 9.78 Å². The highest BCUT2D eigenvalue weighted by atomic mass is 32.1. The fourth-order valence-electron chi connectivity index (χ4n) is 5.32. The number of hydrogen-bond acceptors (Lipinski definition) is 8. The molecule has 5 rings (SSSR count). The van der Waals surface area contributed by atoms with Crippen LogP contribution in [0.2, 0.25) is 0 Å². The summed E-state index contributed by atoms with van der Waals surface area (Å²) in [7, 11) is 7.26. The summed E-state index contributed by atoms with van der Waals surface area (Å²) in [4.78, 5) is 49.9. The van der Waals surface area contributed by atoms with Crippen molar-refractivity contribution in [1.29, 1.82) is 0 Å². The maximum absolute atomic E-state index is 14.1. The molecule has 2 atom stereocenters. The topological polar surface area (TPSA) is 113 Å². The number of urea groups is 1. The maximum Gasteiger partial charge on any atom is 0.331 e. The highest BCUT2D eigenvalue weighted by Crippen LogP contribution is 2.31. The molecule has 4 amide bonds. The molecule has 4 aromatic rings. The second kappa shape index (κ2) is 13.3. The average Bonchev–Trinajstić information content (AvgIpc) is 3.48. The van der Waals surface area contributed by atoms with Gasteiger partial charge in [0.05, 0.1) is 16.8 Å². The standard InChI is InChI=1S/C32H37N7O4S/c1-35(2)32-34-29-24(11-8-12-27(29)44-32)19-38-20-28(36(3)37(4)31(43)33-18-23-9-6-5-7-10-23)39(21-40)26(30(38)42)17-22-13-15-25(41)16-14-22/h5-16,21,26,28,41H,17-20H2,1-4H3,(H,33,43)/t26-,28+/m0/s1. The Morgan fingerprint density at radius 1 is 1.02 bits per heavy atom. The first-order valence-corrected chi connectivity index (χ1v) is 15.1. The number of hydrazine groups is 1. The minimum absolute atomic E-state index is 0.117. The number of phenolic OH excluding ortho intramolecular Hbond substituents is 1. The molecule has 1 aromatic heterocycles. The third kappa shape index (κ3) is 6.61. The van der Waals surface area contributed by atoms with E-state index in [9.17, 15) is 19.5 Å². The Bertz CT molecular complexity index is 1610. The van der Waals surface area contributed by atoms with E-state index in [2.05, 4.69) is 5.32 Å². The fraction of sp³-hybridized carbons (Fsp3) is 0.312. The molecule has 0 saturated carbocycles. The van der Waals surface area contributed by atoms with Crippen LogP contribution in [0.25, 0.3) is 10.2 Å². The minimum Gasteiger partial charge on any atom is -0.508 e. The van der Waals surface area contributed by atoms with Crippen molar-refractivity contribution in [2.24, 2.45) is 0 Å². The van der Waals surface area contributed by atoms with Gasteiger partial charge in [-0.3, -0.25) is 14.6 Å². The molecular weight excluding hydrogens is 578 g/mol. The second-order valence-electron chi connectivity index (χ2n) is 11.0. The first-order valence-electron chi connectivity index (χ1n) is 14.3. The first-order chi connectivity index (χ1) is 21.2. The number of nitrogens with zero attached hydrogens (tertiary/aromatic N) is 6. The molecule has 0 radical (unpaired) electrons. The zero-order valence-corrected chi connectivity index (χ0v) is 26.1. The van der Waals surface area contributed by atoms with E-state index in [1.165, 1.54) is 9.91 Å². The van der Waals surface area contributed by atoms with Gasteiger partial charge >= 0.3 is 6.03 Å². The third-order valence-electron chi connectivity index (χ3n) is 7.89. The number of aromatic nitrogens is 1. The van der Waals surface area contributed by atoms with Crippen LogP contribution < -0.4 is 10.2 Å². The Morgan fingerprint density at radius 3 is 2.43 bits per heavy atom. The summed E-state index contributed by atoms with van der Waals surface area (Å²) in [5.74, 6) is -0.0853. The zero-order valence-electron chi connectivity index (χ0n) is 25.3. The van der Waals surface area contributed by atoms with Crippen LogP contribution in [0.1, 0.15) is 16.7 Å². The van der Waals surface area contributed by atoms with Crippen molar-refractivity contribution in [3.05, 3.63) is 89.5 Å². The lowest BCUT2D eigenvalue weighted by atomic mass is 9.99. The van der Waals surface area contributed by atoms with Gasteiger partial charge in [0.25, 0.3) is 0 Å². The van der Waals surface area contributed by atoms with E-state index in [1.807, 2.05) is 67.5 Å². The van der Waals surface area contributed by atoms with Crippen molar-refractivity contribution < 1.29 is 19.5 Å². The van der Waals surface area contributed by atoms with E-state index in [4.69, 9.17) is 4.98 Å². The van der Waals surface area contributed by atoms with Crippen molar-refractivity contribution in [3.63, 3.8) is 0 Å². The number of thiazole rings is 1. The van der Waals surface area contributed by atoms with Gasteiger partial charge in [-0.05, 0) is 34.9 Å².